The van der Waals surface area contributed by atoms with E-state index in [0.717, 1.165) is 29.5 Å². The highest BCUT2D eigenvalue weighted by Crippen LogP contribution is 2.40. The molecule has 110 valence electrons. The van der Waals surface area contributed by atoms with Crippen molar-refractivity contribution < 1.29 is 4.74 Å². The van der Waals surface area contributed by atoms with E-state index in [1.165, 1.54) is 11.1 Å². The molecule has 0 radical (unpaired) electrons. The van der Waals surface area contributed by atoms with Crippen molar-refractivity contribution in [1.29, 1.82) is 0 Å². The van der Waals surface area contributed by atoms with Crippen molar-refractivity contribution in [2.75, 3.05) is 13.2 Å². The smallest absolute Gasteiger partial charge is 0.120 e. The minimum Gasteiger partial charge on any atom is -0.494 e. The Balaban J connectivity index is 1.69. The second-order valence-corrected chi connectivity index (χ2v) is 6.61. The molecule has 1 atom stereocenters. The number of ether oxygens (including phenoxy) is 1. The lowest BCUT2D eigenvalue weighted by Gasteiger charge is -2.29. The zero-order valence-electron chi connectivity index (χ0n) is 12.0. The van der Waals surface area contributed by atoms with E-state index in [9.17, 15) is 0 Å². The molecule has 2 aromatic carbocycles. The van der Waals surface area contributed by atoms with Gasteiger partial charge in [-0.05, 0) is 48.6 Å². The van der Waals surface area contributed by atoms with Crippen molar-refractivity contribution in [3.63, 3.8) is 0 Å². The molecule has 0 fully saturated rings. The summed E-state index contributed by atoms with van der Waals surface area (Å²) in [5.74, 6) is 0.905. The van der Waals surface area contributed by atoms with E-state index in [2.05, 4.69) is 40.2 Å². The fourth-order valence-electron chi connectivity index (χ4n) is 3.26. The molecule has 2 nitrogen and oxygen atoms in total. The van der Waals surface area contributed by atoms with E-state index in [-0.39, 0.29) is 5.41 Å². The summed E-state index contributed by atoms with van der Waals surface area (Å²) >= 11 is 3.47. The molecule has 2 aromatic rings. The van der Waals surface area contributed by atoms with Crippen molar-refractivity contribution in [2.45, 2.75) is 24.7 Å². The predicted octanol–water partition coefficient (Wildman–Crippen LogP) is 4.06. The van der Waals surface area contributed by atoms with Gasteiger partial charge in [0.05, 0.1) is 6.61 Å². The standard InChI is InChI=1S/C18H20BrNO/c19-15-5-3-6-16(12-15)21-11-10-18(13-20)9-8-14-4-1-2-7-17(14)18/h1-7,12H,8-11,13,20H2. The van der Waals surface area contributed by atoms with Crippen molar-refractivity contribution in [3.8, 4) is 5.75 Å². The summed E-state index contributed by atoms with van der Waals surface area (Å²) < 4.78 is 6.95. The fourth-order valence-corrected chi connectivity index (χ4v) is 3.64. The first-order chi connectivity index (χ1) is 10.2. The number of hydrogen-bond acceptors (Lipinski definition) is 2. The number of halogens is 1. The Hall–Kier alpha value is -1.32. The summed E-state index contributed by atoms with van der Waals surface area (Å²) in [7, 11) is 0. The van der Waals surface area contributed by atoms with Gasteiger partial charge >= 0.3 is 0 Å². The molecule has 3 heteroatoms. The Morgan fingerprint density at radius 3 is 2.81 bits per heavy atom. The highest BCUT2D eigenvalue weighted by atomic mass is 79.9. The largest absolute Gasteiger partial charge is 0.494 e. The Bertz CT molecular complexity index is 628. The van der Waals surface area contributed by atoms with E-state index in [4.69, 9.17) is 10.5 Å². The maximum Gasteiger partial charge on any atom is 0.120 e. The predicted molar refractivity (Wildman–Crippen MR) is 89.7 cm³/mol. The van der Waals surface area contributed by atoms with Gasteiger partial charge in [0.15, 0.2) is 0 Å². The highest BCUT2D eigenvalue weighted by molar-refractivity contribution is 9.10. The van der Waals surface area contributed by atoms with Crippen molar-refractivity contribution >= 4 is 15.9 Å². The van der Waals surface area contributed by atoms with E-state index in [0.29, 0.717) is 13.2 Å². The summed E-state index contributed by atoms with van der Waals surface area (Å²) in [5.41, 5.74) is 9.08. The molecule has 0 saturated heterocycles. The van der Waals surface area contributed by atoms with Crippen molar-refractivity contribution in [1.82, 2.24) is 0 Å². The zero-order chi connectivity index (χ0) is 14.7. The van der Waals surface area contributed by atoms with Crippen LogP contribution in [0, 0.1) is 0 Å². The molecule has 1 unspecified atom stereocenters. The number of hydrogen-bond donors (Lipinski definition) is 1. The van der Waals surface area contributed by atoms with E-state index in [1.54, 1.807) is 0 Å². The molecule has 3 rings (SSSR count). The van der Waals surface area contributed by atoms with Crippen LogP contribution in [0.5, 0.6) is 5.75 Å². The van der Waals surface area contributed by atoms with Crippen LogP contribution in [0.15, 0.2) is 53.0 Å². The molecular formula is C18H20BrNO. The Kier molecular flexibility index (Phi) is 4.32. The van der Waals surface area contributed by atoms with Crippen LogP contribution in [0.1, 0.15) is 24.0 Å². The van der Waals surface area contributed by atoms with Gasteiger partial charge in [-0.15, -0.1) is 0 Å². The maximum absolute atomic E-state index is 6.12. The van der Waals surface area contributed by atoms with Crippen LogP contribution in [0.3, 0.4) is 0 Å². The first kappa shape index (κ1) is 14.6. The third-order valence-corrected chi connectivity index (χ3v) is 4.99. The molecule has 1 aliphatic rings. The van der Waals surface area contributed by atoms with Crippen LogP contribution in [-0.4, -0.2) is 13.2 Å². The maximum atomic E-state index is 6.12. The fraction of sp³-hybridized carbons (Fsp3) is 0.333. The van der Waals surface area contributed by atoms with E-state index in [1.807, 2.05) is 24.3 Å². The number of benzene rings is 2. The number of aryl methyl sites for hydroxylation is 1. The third-order valence-electron chi connectivity index (χ3n) is 4.50. The topological polar surface area (TPSA) is 35.2 Å². The highest BCUT2D eigenvalue weighted by Gasteiger charge is 2.36. The van der Waals surface area contributed by atoms with Gasteiger partial charge in [0.25, 0.3) is 0 Å². The van der Waals surface area contributed by atoms with Gasteiger partial charge in [-0.1, -0.05) is 46.3 Å². The summed E-state index contributed by atoms with van der Waals surface area (Å²) in [5, 5.41) is 0. The van der Waals surface area contributed by atoms with Crippen LogP contribution >= 0.6 is 15.9 Å². The zero-order valence-corrected chi connectivity index (χ0v) is 13.6. The Labute approximate surface area is 134 Å². The minimum absolute atomic E-state index is 0.0859. The van der Waals surface area contributed by atoms with Crippen LogP contribution in [-0.2, 0) is 11.8 Å². The van der Waals surface area contributed by atoms with Gasteiger partial charge in [-0.25, -0.2) is 0 Å². The average Bonchev–Trinajstić information content (AvgIpc) is 2.87. The van der Waals surface area contributed by atoms with Crippen LogP contribution < -0.4 is 10.5 Å². The quantitative estimate of drug-likeness (QED) is 0.886. The molecule has 1 aliphatic carbocycles. The normalized spacial score (nSPS) is 20.3. The lowest BCUT2D eigenvalue weighted by Crippen LogP contribution is -2.34. The number of fused-ring (bicyclic) bond motifs is 1. The average molecular weight is 346 g/mol. The van der Waals surface area contributed by atoms with Crippen LogP contribution in [0.2, 0.25) is 0 Å². The van der Waals surface area contributed by atoms with Crippen molar-refractivity contribution in [2.24, 2.45) is 5.73 Å². The first-order valence-corrected chi connectivity index (χ1v) is 8.20. The van der Waals surface area contributed by atoms with Crippen LogP contribution in [0.4, 0.5) is 0 Å². The van der Waals surface area contributed by atoms with Gasteiger partial charge in [0.1, 0.15) is 5.75 Å². The molecule has 0 bridgehead atoms. The van der Waals surface area contributed by atoms with Gasteiger partial charge in [-0.2, -0.15) is 0 Å². The molecule has 0 heterocycles. The second-order valence-electron chi connectivity index (χ2n) is 5.70. The van der Waals surface area contributed by atoms with Gasteiger partial charge < -0.3 is 10.5 Å². The first-order valence-electron chi connectivity index (χ1n) is 7.40. The third kappa shape index (κ3) is 2.99. The molecule has 2 N–H and O–H groups in total. The summed E-state index contributed by atoms with van der Waals surface area (Å²) in [6.07, 6.45) is 3.22. The summed E-state index contributed by atoms with van der Waals surface area (Å²) in [4.78, 5) is 0. The molecule has 21 heavy (non-hydrogen) atoms. The van der Waals surface area contributed by atoms with Gasteiger partial charge in [0.2, 0.25) is 0 Å². The number of rotatable bonds is 5. The van der Waals surface area contributed by atoms with E-state index >= 15 is 0 Å². The lowest BCUT2D eigenvalue weighted by molar-refractivity contribution is 0.256. The Morgan fingerprint density at radius 2 is 2.00 bits per heavy atom. The molecule has 0 aliphatic heterocycles. The summed E-state index contributed by atoms with van der Waals surface area (Å²) in [6.45, 7) is 1.38. The molecular weight excluding hydrogens is 326 g/mol. The van der Waals surface area contributed by atoms with E-state index < -0.39 is 0 Å². The SMILES string of the molecule is NCC1(CCOc2cccc(Br)c2)CCc2ccccc21. The molecule has 0 aromatic heterocycles. The number of nitrogens with two attached hydrogens (primary N) is 1. The van der Waals surface area contributed by atoms with Crippen molar-refractivity contribution in [3.05, 3.63) is 64.1 Å². The molecule has 0 saturated carbocycles. The van der Waals surface area contributed by atoms with Gasteiger partial charge in [-0.3, -0.25) is 0 Å². The lowest BCUT2D eigenvalue weighted by atomic mass is 9.79. The molecule has 0 amide bonds. The van der Waals surface area contributed by atoms with Gasteiger partial charge in [0, 0.05) is 16.4 Å². The minimum atomic E-state index is 0.0859. The van der Waals surface area contributed by atoms with Crippen LogP contribution in [0.25, 0.3) is 0 Å². The monoisotopic (exact) mass is 345 g/mol. The second kappa shape index (κ2) is 6.20. The summed E-state index contributed by atoms with van der Waals surface area (Å²) in [6, 6.07) is 16.7. The Morgan fingerprint density at radius 1 is 1.14 bits per heavy atom. The molecule has 0 spiro atoms.